The first-order chi connectivity index (χ1) is 14.9. The van der Waals surface area contributed by atoms with Crippen LogP contribution in [0.15, 0.2) is 40.4 Å². The Morgan fingerprint density at radius 3 is 2.42 bits per heavy atom. The third-order valence-electron chi connectivity index (χ3n) is 6.14. The standard InChI is InChI=1S/C23H27N5O2S/c1-28(2)14-15-6-3-9-18(12-15)31(29,30)23-25-22(26-27-23)24-21-19-10-4-7-16(19)13-17-8-5-11-20(17)21/h3,6,9,12-13H,4-5,7-8,10-11,14H2,1-2H3,(H2,24,25,26,27). The highest BCUT2D eigenvalue weighted by Gasteiger charge is 2.26. The Morgan fingerprint density at radius 1 is 1.03 bits per heavy atom. The van der Waals surface area contributed by atoms with Crippen LogP contribution in [0.25, 0.3) is 0 Å². The highest BCUT2D eigenvalue weighted by Crippen LogP contribution is 2.39. The molecule has 5 rings (SSSR count). The van der Waals surface area contributed by atoms with E-state index in [1.165, 1.54) is 22.3 Å². The smallest absolute Gasteiger partial charge is 0.249 e. The predicted octanol–water partition coefficient (Wildman–Crippen LogP) is 3.42. The molecule has 162 valence electrons. The van der Waals surface area contributed by atoms with Crippen LogP contribution in [0.5, 0.6) is 0 Å². The van der Waals surface area contributed by atoms with E-state index >= 15 is 0 Å². The average Bonchev–Trinajstić information content (AvgIpc) is 3.48. The van der Waals surface area contributed by atoms with E-state index < -0.39 is 9.84 Å². The fourth-order valence-corrected chi connectivity index (χ4v) is 5.95. The molecule has 2 aliphatic rings. The van der Waals surface area contributed by atoms with Crippen LogP contribution in [0.1, 0.15) is 40.7 Å². The highest BCUT2D eigenvalue weighted by molar-refractivity contribution is 7.91. The molecule has 0 saturated heterocycles. The maximum Gasteiger partial charge on any atom is 0.249 e. The zero-order valence-corrected chi connectivity index (χ0v) is 18.7. The largest absolute Gasteiger partial charge is 0.322 e. The van der Waals surface area contributed by atoms with Gasteiger partial charge in [-0.25, -0.2) is 13.5 Å². The van der Waals surface area contributed by atoms with Crippen molar-refractivity contribution in [2.75, 3.05) is 19.4 Å². The summed E-state index contributed by atoms with van der Waals surface area (Å²) in [6, 6.07) is 9.34. The molecule has 0 fully saturated rings. The van der Waals surface area contributed by atoms with Crippen LogP contribution in [0.4, 0.5) is 11.6 Å². The highest BCUT2D eigenvalue weighted by atomic mass is 32.2. The van der Waals surface area contributed by atoms with Crippen LogP contribution in [-0.4, -0.2) is 42.6 Å². The van der Waals surface area contributed by atoms with Gasteiger partial charge in [-0.15, -0.1) is 5.10 Å². The number of sulfone groups is 1. The van der Waals surface area contributed by atoms with E-state index in [1.807, 2.05) is 25.1 Å². The van der Waals surface area contributed by atoms with Crippen molar-refractivity contribution < 1.29 is 8.42 Å². The molecule has 0 unspecified atom stereocenters. The van der Waals surface area contributed by atoms with Crippen molar-refractivity contribution in [3.63, 3.8) is 0 Å². The SMILES string of the molecule is CN(C)Cc1cccc(S(=O)(=O)c2nc(Nc3c4c(cc5c3CCC5)CCC4)n[nH]2)c1. The van der Waals surface area contributed by atoms with Crippen LogP contribution in [0.3, 0.4) is 0 Å². The first-order valence-corrected chi connectivity index (χ1v) is 12.2. The van der Waals surface area contributed by atoms with Gasteiger partial charge in [0.2, 0.25) is 20.9 Å². The molecule has 2 aliphatic carbocycles. The molecule has 7 nitrogen and oxygen atoms in total. The number of aryl methyl sites for hydroxylation is 2. The molecule has 0 spiro atoms. The molecule has 0 bridgehead atoms. The molecule has 31 heavy (non-hydrogen) atoms. The fourth-order valence-electron chi connectivity index (χ4n) is 4.79. The van der Waals surface area contributed by atoms with Gasteiger partial charge in [0.15, 0.2) is 0 Å². The second-order valence-electron chi connectivity index (χ2n) is 8.71. The van der Waals surface area contributed by atoms with Gasteiger partial charge in [0, 0.05) is 12.2 Å². The number of anilines is 2. The summed E-state index contributed by atoms with van der Waals surface area (Å²) in [5.74, 6) is 0.303. The lowest BCUT2D eigenvalue weighted by Crippen LogP contribution is -2.11. The topological polar surface area (TPSA) is 91.0 Å². The van der Waals surface area contributed by atoms with Gasteiger partial charge in [0.25, 0.3) is 0 Å². The molecule has 8 heteroatoms. The summed E-state index contributed by atoms with van der Waals surface area (Å²) < 4.78 is 26.3. The van der Waals surface area contributed by atoms with E-state index in [2.05, 4.69) is 26.6 Å². The minimum atomic E-state index is -3.78. The number of fused-ring (bicyclic) bond motifs is 2. The third-order valence-corrected chi connectivity index (χ3v) is 7.70. The van der Waals surface area contributed by atoms with Gasteiger partial charge in [-0.2, -0.15) is 4.98 Å². The minimum absolute atomic E-state index is 0.138. The average molecular weight is 438 g/mol. The summed E-state index contributed by atoms with van der Waals surface area (Å²) in [6.07, 6.45) is 6.61. The Labute approximate surface area is 182 Å². The van der Waals surface area contributed by atoms with Crippen molar-refractivity contribution >= 4 is 21.5 Å². The van der Waals surface area contributed by atoms with E-state index in [0.717, 1.165) is 49.8 Å². The Balaban J connectivity index is 1.45. The summed E-state index contributed by atoms with van der Waals surface area (Å²) in [4.78, 5) is 6.54. The predicted molar refractivity (Wildman–Crippen MR) is 119 cm³/mol. The Bertz CT molecular complexity index is 1210. The van der Waals surface area contributed by atoms with Crippen LogP contribution >= 0.6 is 0 Å². The van der Waals surface area contributed by atoms with Crippen molar-refractivity contribution in [3.05, 3.63) is 58.1 Å². The lowest BCUT2D eigenvalue weighted by atomic mass is 9.99. The molecule has 0 aliphatic heterocycles. The molecule has 1 heterocycles. The van der Waals surface area contributed by atoms with Gasteiger partial charge in [-0.05, 0) is 92.6 Å². The lowest BCUT2D eigenvalue weighted by Gasteiger charge is -2.15. The molecular weight excluding hydrogens is 410 g/mol. The van der Waals surface area contributed by atoms with E-state index in [1.54, 1.807) is 18.2 Å². The number of aromatic amines is 1. The van der Waals surface area contributed by atoms with Gasteiger partial charge in [-0.1, -0.05) is 18.2 Å². The quantitative estimate of drug-likeness (QED) is 0.614. The maximum absolute atomic E-state index is 13.1. The molecule has 2 aromatic carbocycles. The second-order valence-corrected chi connectivity index (χ2v) is 10.6. The Morgan fingerprint density at radius 2 is 1.74 bits per heavy atom. The number of nitrogens with one attached hydrogen (secondary N) is 2. The molecular formula is C23H27N5O2S. The van der Waals surface area contributed by atoms with E-state index in [9.17, 15) is 8.42 Å². The van der Waals surface area contributed by atoms with Gasteiger partial charge < -0.3 is 10.2 Å². The van der Waals surface area contributed by atoms with Crippen molar-refractivity contribution in [3.8, 4) is 0 Å². The number of hydrogen-bond donors (Lipinski definition) is 2. The van der Waals surface area contributed by atoms with Crippen molar-refractivity contribution in [1.82, 2.24) is 20.1 Å². The van der Waals surface area contributed by atoms with Crippen molar-refractivity contribution in [2.45, 2.75) is 55.1 Å². The van der Waals surface area contributed by atoms with Crippen molar-refractivity contribution in [2.24, 2.45) is 0 Å². The molecule has 0 amide bonds. The number of hydrogen-bond acceptors (Lipinski definition) is 6. The Kier molecular flexibility index (Phi) is 5.06. The molecule has 0 saturated carbocycles. The van der Waals surface area contributed by atoms with Gasteiger partial charge in [0.1, 0.15) is 0 Å². The zero-order valence-electron chi connectivity index (χ0n) is 17.9. The van der Waals surface area contributed by atoms with E-state index in [-0.39, 0.29) is 10.1 Å². The maximum atomic E-state index is 13.1. The summed E-state index contributed by atoms with van der Waals surface area (Å²) in [5, 5.41) is 10.1. The number of aromatic nitrogens is 3. The first-order valence-electron chi connectivity index (χ1n) is 10.8. The number of benzene rings is 2. The monoisotopic (exact) mass is 437 g/mol. The van der Waals surface area contributed by atoms with Crippen LogP contribution < -0.4 is 5.32 Å². The van der Waals surface area contributed by atoms with Crippen LogP contribution in [-0.2, 0) is 42.1 Å². The minimum Gasteiger partial charge on any atom is -0.322 e. The van der Waals surface area contributed by atoms with Crippen molar-refractivity contribution in [1.29, 1.82) is 0 Å². The zero-order chi connectivity index (χ0) is 21.6. The number of rotatable bonds is 6. The third kappa shape index (κ3) is 3.74. The van der Waals surface area contributed by atoms with Gasteiger partial charge >= 0.3 is 0 Å². The lowest BCUT2D eigenvalue weighted by molar-refractivity contribution is 0.402. The first kappa shape index (κ1) is 20.2. The molecule has 0 radical (unpaired) electrons. The summed E-state index contributed by atoms with van der Waals surface area (Å²) in [5.41, 5.74) is 7.52. The molecule has 0 atom stereocenters. The summed E-state index contributed by atoms with van der Waals surface area (Å²) in [7, 11) is 0.123. The summed E-state index contributed by atoms with van der Waals surface area (Å²) >= 11 is 0. The number of H-pyrrole nitrogens is 1. The molecule has 2 N–H and O–H groups in total. The number of nitrogens with zero attached hydrogens (tertiary/aromatic N) is 3. The normalized spacial score (nSPS) is 15.3. The van der Waals surface area contributed by atoms with E-state index in [0.29, 0.717) is 12.5 Å². The van der Waals surface area contributed by atoms with E-state index in [4.69, 9.17) is 0 Å². The molecule has 1 aromatic heterocycles. The van der Waals surface area contributed by atoms with Gasteiger partial charge in [-0.3, -0.25) is 0 Å². The van der Waals surface area contributed by atoms with Gasteiger partial charge in [0.05, 0.1) is 4.90 Å². The fraction of sp³-hybridized carbons (Fsp3) is 0.391. The molecule has 3 aromatic rings. The summed E-state index contributed by atoms with van der Waals surface area (Å²) in [6.45, 7) is 0.663. The van der Waals surface area contributed by atoms with Crippen LogP contribution in [0, 0.1) is 0 Å². The van der Waals surface area contributed by atoms with Crippen LogP contribution in [0.2, 0.25) is 0 Å². The second kappa shape index (κ2) is 7.76. The Hall–Kier alpha value is -2.71.